The van der Waals surface area contributed by atoms with E-state index in [9.17, 15) is 4.91 Å². The molecule has 1 N–H and O–H groups in total. The monoisotopic (exact) mass is 222 g/mol. The van der Waals surface area contributed by atoms with Gasteiger partial charge in [0, 0.05) is 12.8 Å². The zero-order valence-electron chi connectivity index (χ0n) is 10.1. The standard InChI is InChI=1S/C12H19N3O/c1-9-12(14-16)10(2)15(13-9)8-11-6-4-3-5-7-11/h11H,3-8H2,1-2H3/p+1. The molecule has 1 aliphatic rings. The van der Waals surface area contributed by atoms with Gasteiger partial charge in [0.1, 0.15) is 5.69 Å². The zero-order chi connectivity index (χ0) is 11.5. The Morgan fingerprint density at radius 1 is 1.31 bits per heavy atom. The molecule has 1 fully saturated rings. The van der Waals surface area contributed by atoms with Gasteiger partial charge in [-0.1, -0.05) is 19.3 Å². The highest BCUT2D eigenvalue weighted by Crippen LogP contribution is 2.25. The maximum atomic E-state index is 10.7. The van der Waals surface area contributed by atoms with Crippen molar-refractivity contribution in [2.24, 2.45) is 11.1 Å². The fourth-order valence-electron chi connectivity index (χ4n) is 2.68. The molecule has 0 aliphatic heterocycles. The lowest BCUT2D eigenvalue weighted by Gasteiger charge is -2.17. The molecule has 0 atom stereocenters. The van der Waals surface area contributed by atoms with E-state index in [-0.39, 0.29) is 0 Å². The van der Waals surface area contributed by atoms with Crippen molar-refractivity contribution < 1.29 is 4.68 Å². The first-order chi connectivity index (χ1) is 7.72. The lowest BCUT2D eigenvalue weighted by atomic mass is 9.89. The van der Waals surface area contributed by atoms with Gasteiger partial charge in [0.2, 0.25) is 11.4 Å². The molecule has 0 radical (unpaired) electrons. The average molecular weight is 222 g/mol. The quantitative estimate of drug-likeness (QED) is 0.620. The number of hydrogen-bond acceptors (Lipinski definition) is 2. The molecule has 88 valence electrons. The van der Waals surface area contributed by atoms with Crippen molar-refractivity contribution in [2.45, 2.75) is 52.5 Å². The molecule has 16 heavy (non-hydrogen) atoms. The highest BCUT2D eigenvalue weighted by molar-refractivity contribution is 5.42. The van der Waals surface area contributed by atoms with Crippen molar-refractivity contribution in [1.29, 1.82) is 0 Å². The van der Waals surface area contributed by atoms with E-state index in [0.717, 1.165) is 23.9 Å². The van der Waals surface area contributed by atoms with Gasteiger partial charge >= 0.3 is 0 Å². The Labute approximate surface area is 96.0 Å². The number of hydrogen-bond donors (Lipinski definition) is 1. The highest BCUT2D eigenvalue weighted by atomic mass is 16.3. The normalized spacial score (nSPS) is 17.6. The number of nitroso groups, excluding NO2 is 1. The average Bonchev–Trinajstić information content (AvgIpc) is 2.55. The van der Waals surface area contributed by atoms with Gasteiger partial charge in [-0.05, 0) is 24.9 Å². The van der Waals surface area contributed by atoms with Gasteiger partial charge in [-0.3, -0.25) is 0 Å². The Morgan fingerprint density at radius 3 is 2.56 bits per heavy atom. The van der Waals surface area contributed by atoms with Gasteiger partial charge in [-0.15, -0.1) is 9.59 Å². The highest BCUT2D eigenvalue weighted by Gasteiger charge is 2.24. The minimum absolute atomic E-state index is 0.579. The summed E-state index contributed by atoms with van der Waals surface area (Å²) in [5.41, 5.74) is 2.43. The molecule has 4 nitrogen and oxygen atoms in total. The van der Waals surface area contributed by atoms with Crippen LogP contribution in [0.4, 0.5) is 5.69 Å². The Morgan fingerprint density at radius 2 is 2.00 bits per heavy atom. The van der Waals surface area contributed by atoms with Crippen LogP contribution >= 0.6 is 0 Å². The van der Waals surface area contributed by atoms with E-state index in [1.54, 1.807) is 0 Å². The number of nitrogens with one attached hydrogen (secondary N) is 1. The van der Waals surface area contributed by atoms with Gasteiger partial charge in [0.25, 0.3) is 0 Å². The van der Waals surface area contributed by atoms with Crippen LogP contribution in [-0.2, 0) is 6.54 Å². The molecule has 1 aromatic rings. The third-order valence-corrected chi connectivity index (χ3v) is 3.66. The van der Waals surface area contributed by atoms with E-state index in [0.29, 0.717) is 5.69 Å². The van der Waals surface area contributed by atoms with E-state index in [1.807, 2.05) is 13.8 Å². The van der Waals surface area contributed by atoms with E-state index < -0.39 is 0 Å². The molecule has 1 aliphatic carbocycles. The molecule has 1 saturated carbocycles. The van der Waals surface area contributed by atoms with Gasteiger partial charge < -0.3 is 0 Å². The molecule has 2 rings (SSSR count). The van der Waals surface area contributed by atoms with Crippen LogP contribution in [0, 0.1) is 24.7 Å². The first-order valence-electron chi connectivity index (χ1n) is 6.14. The summed E-state index contributed by atoms with van der Waals surface area (Å²) in [6.07, 6.45) is 6.71. The van der Waals surface area contributed by atoms with Crippen molar-refractivity contribution in [3.8, 4) is 0 Å². The van der Waals surface area contributed by atoms with Gasteiger partial charge in [0.05, 0.1) is 0 Å². The predicted molar refractivity (Wildman–Crippen MR) is 62.5 cm³/mol. The summed E-state index contributed by atoms with van der Waals surface area (Å²) in [7, 11) is 0. The largest absolute Gasteiger partial charge is 0.234 e. The van der Waals surface area contributed by atoms with Crippen LogP contribution in [0.15, 0.2) is 5.18 Å². The molecule has 1 aromatic heterocycles. The van der Waals surface area contributed by atoms with Crippen LogP contribution in [0.1, 0.15) is 43.5 Å². The van der Waals surface area contributed by atoms with Crippen LogP contribution in [-0.4, -0.2) is 5.10 Å². The zero-order valence-corrected chi connectivity index (χ0v) is 10.1. The van der Waals surface area contributed by atoms with Gasteiger partial charge in [-0.25, -0.2) is 0 Å². The Hall–Kier alpha value is -1.19. The maximum Gasteiger partial charge on any atom is 0.234 e. The molecule has 0 unspecified atom stereocenters. The Bertz CT molecular complexity index is 378. The number of aromatic amines is 1. The molecule has 0 spiro atoms. The first-order valence-corrected chi connectivity index (χ1v) is 6.14. The third-order valence-electron chi connectivity index (χ3n) is 3.66. The molecule has 4 heteroatoms. The number of H-pyrrole nitrogens is 1. The van der Waals surface area contributed by atoms with Crippen LogP contribution in [0.3, 0.4) is 0 Å². The summed E-state index contributed by atoms with van der Waals surface area (Å²) in [6, 6.07) is 0. The summed E-state index contributed by atoms with van der Waals surface area (Å²) in [6.45, 7) is 4.87. The minimum Gasteiger partial charge on any atom is -0.168 e. The SMILES string of the molecule is Cc1[nH][n+](CC2CCCCC2)c(C)c1N=O. The number of aromatic nitrogens is 2. The van der Waals surface area contributed by atoms with Crippen LogP contribution in [0.25, 0.3) is 0 Å². The molecule has 0 bridgehead atoms. The topological polar surface area (TPSA) is 49.1 Å². The summed E-state index contributed by atoms with van der Waals surface area (Å²) < 4.78 is 2.09. The fraction of sp³-hybridized carbons (Fsp3) is 0.750. The molecule has 0 aromatic carbocycles. The van der Waals surface area contributed by atoms with Crippen LogP contribution < -0.4 is 4.68 Å². The van der Waals surface area contributed by atoms with Crippen LogP contribution in [0.2, 0.25) is 0 Å². The number of nitrogens with zero attached hydrogens (tertiary/aromatic N) is 2. The fourth-order valence-corrected chi connectivity index (χ4v) is 2.68. The minimum atomic E-state index is 0.579. The van der Waals surface area contributed by atoms with Gasteiger partial charge in [0.15, 0.2) is 6.54 Å². The maximum absolute atomic E-state index is 10.7. The molecule has 0 amide bonds. The second-order valence-electron chi connectivity index (χ2n) is 4.88. The lowest BCUT2D eigenvalue weighted by molar-refractivity contribution is -0.761. The Kier molecular flexibility index (Phi) is 3.36. The summed E-state index contributed by atoms with van der Waals surface area (Å²) in [4.78, 5) is 10.7. The van der Waals surface area contributed by atoms with Crippen molar-refractivity contribution in [3.63, 3.8) is 0 Å². The van der Waals surface area contributed by atoms with Crippen molar-refractivity contribution in [1.82, 2.24) is 5.10 Å². The summed E-state index contributed by atoms with van der Waals surface area (Å²) in [5, 5.41) is 6.32. The summed E-state index contributed by atoms with van der Waals surface area (Å²) >= 11 is 0. The van der Waals surface area contributed by atoms with E-state index in [4.69, 9.17) is 0 Å². The molecule has 1 heterocycles. The van der Waals surface area contributed by atoms with E-state index >= 15 is 0 Å². The second-order valence-corrected chi connectivity index (χ2v) is 4.88. The molecular formula is C12H20N3O+. The lowest BCUT2D eigenvalue weighted by Crippen LogP contribution is -2.42. The van der Waals surface area contributed by atoms with Crippen molar-refractivity contribution >= 4 is 5.69 Å². The number of rotatable bonds is 3. The predicted octanol–water partition coefficient (Wildman–Crippen LogP) is 2.90. The molecular weight excluding hydrogens is 202 g/mol. The van der Waals surface area contributed by atoms with E-state index in [1.165, 1.54) is 32.1 Å². The molecule has 0 saturated heterocycles. The van der Waals surface area contributed by atoms with Crippen LogP contribution in [0.5, 0.6) is 0 Å². The third kappa shape index (κ3) is 2.15. The first kappa shape index (κ1) is 11.3. The number of aryl methyl sites for hydroxylation is 1. The summed E-state index contributed by atoms with van der Waals surface area (Å²) in [5.74, 6) is 0.759. The van der Waals surface area contributed by atoms with Gasteiger partial charge in [-0.2, -0.15) is 5.10 Å². The smallest absolute Gasteiger partial charge is 0.168 e. The van der Waals surface area contributed by atoms with Crippen molar-refractivity contribution in [2.75, 3.05) is 0 Å². The van der Waals surface area contributed by atoms with Crippen molar-refractivity contribution in [3.05, 3.63) is 16.3 Å². The van der Waals surface area contributed by atoms with E-state index in [2.05, 4.69) is 15.0 Å². The second kappa shape index (κ2) is 4.76. The Balaban J connectivity index is 2.11.